The lowest BCUT2D eigenvalue weighted by molar-refractivity contribution is -0.149. The van der Waals surface area contributed by atoms with Crippen LogP contribution in [0.1, 0.15) is 24.2 Å². The van der Waals surface area contributed by atoms with Gasteiger partial charge in [-0.1, -0.05) is 0 Å². The van der Waals surface area contributed by atoms with Crippen molar-refractivity contribution in [3.05, 3.63) is 22.2 Å². The van der Waals surface area contributed by atoms with Gasteiger partial charge in [-0.15, -0.1) is 0 Å². The average molecular weight is 347 g/mol. The van der Waals surface area contributed by atoms with Crippen LogP contribution in [0.5, 0.6) is 11.5 Å². The summed E-state index contributed by atoms with van der Waals surface area (Å²) in [5.41, 5.74) is 0.0471. The fraction of sp³-hybridized carbons (Fsp3) is 0.385. The number of ether oxygens (including phenoxy) is 3. The van der Waals surface area contributed by atoms with Crippen molar-refractivity contribution in [1.29, 1.82) is 0 Å². The quantitative estimate of drug-likeness (QED) is 0.797. The van der Waals surface area contributed by atoms with Gasteiger partial charge in [-0.2, -0.15) is 0 Å². The SMILES string of the molecule is COc1cc(C(=O)O)cc(Br)c1OCC(=O)OC(C)C. The van der Waals surface area contributed by atoms with Crippen LogP contribution in [0.4, 0.5) is 0 Å². The number of benzene rings is 1. The van der Waals surface area contributed by atoms with Crippen molar-refractivity contribution in [3.8, 4) is 11.5 Å². The molecule has 0 radical (unpaired) electrons. The highest BCUT2D eigenvalue weighted by Crippen LogP contribution is 2.36. The molecule has 1 N–H and O–H groups in total. The summed E-state index contributed by atoms with van der Waals surface area (Å²) in [5, 5.41) is 8.95. The predicted molar refractivity (Wildman–Crippen MR) is 74.4 cm³/mol. The summed E-state index contributed by atoms with van der Waals surface area (Å²) in [7, 11) is 1.38. The number of carbonyl (C=O) groups is 2. The number of rotatable bonds is 6. The van der Waals surface area contributed by atoms with Crippen molar-refractivity contribution in [2.24, 2.45) is 0 Å². The second kappa shape index (κ2) is 7.14. The van der Waals surface area contributed by atoms with Crippen molar-refractivity contribution in [2.45, 2.75) is 20.0 Å². The summed E-state index contributed by atoms with van der Waals surface area (Å²) in [6.45, 7) is 3.17. The van der Waals surface area contributed by atoms with Crippen molar-refractivity contribution in [2.75, 3.05) is 13.7 Å². The standard InChI is InChI=1S/C13H15BrO6/c1-7(2)20-11(15)6-19-12-9(14)4-8(13(16)17)5-10(12)18-3/h4-5,7H,6H2,1-3H3,(H,16,17). The molecule has 0 aromatic heterocycles. The second-order valence-electron chi connectivity index (χ2n) is 4.12. The molecule has 20 heavy (non-hydrogen) atoms. The molecule has 0 saturated carbocycles. The summed E-state index contributed by atoms with van der Waals surface area (Å²) < 4.78 is 15.7. The summed E-state index contributed by atoms with van der Waals surface area (Å²) in [6, 6.07) is 2.68. The molecule has 7 heteroatoms. The fourth-order valence-corrected chi connectivity index (χ4v) is 1.97. The molecule has 0 atom stereocenters. The molecule has 0 aliphatic rings. The minimum absolute atomic E-state index is 0.0471. The third kappa shape index (κ3) is 4.41. The summed E-state index contributed by atoms with van der Waals surface area (Å²) >= 11 is 3.19. The number of halogens is 1. The van der Waals surface area contributed by atoms with Crippen LogP contribution in [0.15, 0.2) is 16.6 Å². The van der Waals surface area contributed by atoms with E-state index in [9.17, 15) is 9.59 Å². The zero-order valence-corrected chi connectivity index (χ0v) is 12.9. The topological polar surface area (TPSA) is 82.1 Å². The fourth-order valence-electron chi connectivity index (χ4n) is 1.41. The van der Waals surface area contributed by atoms with E-state index in [-0.39, 0.29) is 29.8 Å². The van der Waals surface area contributed by atoms with Gasteiger partial charge >= 0.3 is 11.9 Å². The van der Waals surface area contributed by atoms with Gasteiger partial charge in [-0.25, -0.2) is 9.59 Å². The Morgan fingerprint density at radius 1 is 1.35 bits per heavy atom. The Morgan fingerprint density at radius 2 is 2.00 bits per heavy atom. The number of carbonyl (C=O) groups excluding carboxylic acids is 1. The molecule has 0 spiro atoms. The Labute approximate surface area is 124 Å². The maximum atomic E-state index is 11.4. The molecule has 0 unspecified atom stereocenters. The summed E-state index contributed by atoms with van der Waals surface area (Å²) in [5.74, 6) is -1.14. The molecule has 0 fully saturated rings. The smallest absolute Gasteiger partial charge is 0.344 e. The van der Waals surface area contributed by atoms with E-state index in [1.807, 2.05) is 0 Å². The van der Waals surface area contributed by atoms with Gasteiger partial charge < -0.3 is 19.3 Å². The molecule has 0 heterocycles. The van der Waals surface area contributed by atoms with Crippen LogP contribution in [0, 0.1) is 0 Å². The van der Waals surface area contributed by atoms with Crippen molar-refractivity contribution in [3.63, 3.8) is 0 Å². The van der Waals surface area contributed by atoms with Gasteiger partial charge in [0.1, 0.15) is 0 Å². The zero-order chi connectivity index (χ0) is 15.3. The Morgan fingerprint density at radius 3 is 2.50 bits per heavy atom. The first-order valence-electron chi connectivity index (χ1n) is 5.78. The third-order valence-electron chi connectivity index (χ3n) is 2.18. The molecule has 1 aromatic rings. The maximum Gasteiger partial charge on any atom is 0.344 e. The molecule has 1 rings (SSSR count). The van der Waals surface area contributed by atoms with Gasteiger partial charge in [0.25, 0.3) is 0 Å². The molecule has 1 aromatic carbocycles. The summed E-state index contributed by atoms with van der Waals surface area (Å²) in [4.78, 5) is 22.3. The highest BCUT2D eigenvalue weighted by molar-refractivity contribution is 9.10. The lowest BCUT2D eigenvalue weighted by atomic mass is 10.2. The van der Waals surface area contributed by atoms with E-state index in [4.69, 9.17) is 19.3 Å². The number of hydrogen-bond donors (Lipinski definition) is 1. The second-order valence-corrected chi connectivity index (χ2v) is 4.98. The largest absolute Gasteiger partial charge is 0.493 e. The van der Waals surface area contributed by atoms with Gasteiger partial charge in [0.15, 0.2) is 18.1 Å². The minimum Gasteiger partial charge on any atom is -0.493 e. The zero-order valence-electron chi connectivity index (χ0n) is 11.3. The van der Waals surface area contributed by atoms with Crippen LogP contribution in [-0.4, -0.2) is 36.9 Å². The van der Waals surface area contributed by atoms with E-state index in [0.717, 1.165) is 0 Å². The molecule has 0 amide bonds. The third-order valence-corrected chi connectivity index (χ3v) is 2.77. The van der Waals surface area contributed by atoms with E-state index in [0.29, 0.717) is 4.47 Å². The van der Waals surface area contributed by atoms with Gasteiger partial charge in [0, 0.05) is 0 Å². The minimum atomic E-state index is -1.09. The number of esters is 1. The van der Waals surface area contributed by atoms with Crippen LogP contribution < -0.4 is 9.47 Å². The number of methoxy groups -OCH3 is 1. The molecule has 0 saturated heterocycles. The van der Waals surface area contributed by atoms with Gasteiger partial charge in [0.05, 0.1) is 23.2 Å². The number of hydrogen-bond acceptors (Lipinski definition) is 5. The molecule has 110 valence electrons. The molecule has 6 nitrogen and oxygen atoms in total. The first-order chi connectivity index (χ1) is 9.35. The highest BCUT2D eigenvalue weighted by Gasteiger charge is 2.16. The van der Waals surface area contributed by atoms with Crippen LogP contribution in [0.25, 0.3) is 0 Å². The van der Waals surface area contributed by atoms with Crippen LogP contribution in [-0.2, 0) is 9.53 Å². The number of carboxylic acid groups (broad SMARTS) is 1. The van der Waals surface area contributed by atoms with Gasteiger partial charge in [-0.3, -0.25) is 0 Å². The first-order valence-corrected chi connectivity index (χ1v) is 6.57. The maximum absolute atomic E-state index is 11.4. The summed E-state index contributed by atoms with van der Waals surface area (Å²) in [6.07, 6.45) is -0.231. The number of carboxylic acids is 1. The van der Waals surface area contributed by atoms with E-state index >= 15 is 0 Å². The molecule has 0 bridgehead atoms. The molecular weight excluding hydrogens is 332 g/mol. The normalized spacial score (nSPS) is 10.2. The Kier molecular flexibility index (Phi) is 5.82. The van der Waals surface area contributed by atoms with Gasteiger partial charge in [-0.05, 0) is 41.9 Å². The van der Waals surface area contributed by atoms with Crippen molar-refractivity contribution < 1.29 is 28.9 Å². The lowest BCUT2D eigenvalue weighted by Gasteiger charge is -2.14. The highest BCUT2D eigenvalue weighted by atomic mass is 79.9. The van der Waals surface area contributed by atoms with Crippen LogP contribution in [0.2, 0.25) is 0 Å². The van der Waals surface area contributed by atoms with E-state index < -0.39 is 11.9 Å². The Bertz CT molecular complexity index is 512. The average Bonchev–Trinajstić information content (AvgIpc) is 2.35. The Hall–Kier alpha value is -1.76. The molecule has 0 aliphatic heterocycles. The van der Waals surface area contributed by atoms with E-state index in [2.05, 4.69) is 15.9 Å². The van der Waals surface area contributed by atoms with Crippen LogP contribution in [0.3, 0.4) is 0 Å². The van der Waals surface area contributed by atoms with Crippen LogP contribution >= 0.6 is 15.9 Å². The van der Waals surface area contributed by atoms with E-state index in [1.54, 1.807) is 13.8 Å². The molecular formula is C13H15BrO6. The Balaban J connectivity index is 2.89. The lowest BCUT2D eigenvalue weighted by Crippen LogP contribution is -2.19. The van der Waals surface area contributed by atoms with Crippen molar-refractivity contribution >= 4 is 27.9 Å². The van der Waals surface area contributed by atoms with E-state index in [1.165, 1.54) is 19.2 Å². The monoisotopic (exact) mass is 346 g/mol. The first kappa shape index (κ1) is 16.3. The number of aromatic carboxylic acids is 1. The molecule has 0 aliphatic carbocycles. The van der Waals surface area contributed by atoms with Crippen molar-refractivity contribution in [1.82, 2.24) is 0 Å². The van der Waals surface area contributed by atoms with Gasteiger partial charge in [0.2, 0.25) is 0 Å². The predicted octanol–water partition coefficient (Wildman–Crippen LogP) is 2.49.